The van der Waals surface area contributed by atoms with Crippen LogP contribution in [0.1, 0.15) is 46.0 Å². The highest BCUT2D eigenvalue weighted by atomic mass is 16.5. The van der Waals surface area contributed by atoms with Crippen molar-refractivity contribution in [2.45, 2.75) is 46.0 Å². The van der Waals surface area contributed by atoms with Crippen molar-refractivity contribution in [3.8, 4) is 0 Å². The number of hydrogen-bond donors (Lipinski definition) is 0. The SMILES string of the molecule is CCC(C)CCCCCO[C]=O. The van der Waals surface area contributed by atoms with Gasteiger partial charge in [0.05, 0.1) is 6.61 Å². The van der Waals surface area contributed by atoms with E-state index in [4.69, 9.17) is 0 Å². The maximum atomic E-state index is 9.64. The standard InChI is InChI=1S/C10H19O2/c1-3-10(2)7-5-4-6-8-12-9-11/h10H,3-8H2,1-2H3. The van der Waals surface area contributed by atoms with Crippen LogP contribution in [0.3, 0.4) is 0 Å². The van der Waals surface area contributed by atoms with Crippen LogP contribution in [0.25, 0.3) is 0 Å². The highest BCUT2D eigenvalue weighted by Gasteiger charge is 1.97. The summed E-state index contributed by atoms with van der Waals surface area (Å²) >= 11 is 0. The minimum absolute atomic E-state index is 0.532. The van der Waals surface area contributed by atoms with Crippen LogP contribution in [0.4, 0.5) is 0 Å². The molecular weight excluding hydrogens is 152 g/mol. The van der Waals surface area contributed by atoms with E-state index in [1.54, 1.807) is 0 Å². The third kappa shape index (κ3) is 7.58. The summed E-state index contributed by atoms with van der Waals surface area (Å²) in [5.74, 6) is 0.837. The van der Waals surface area contributed by atoms with Crippen LogP contribution in [0, 0.1) is 5.92 Å². The van der Waals surface area contributed by atoms with Crippen molar-refractivity contribution >= 4 is 6.47 Å². The van der Waals surface area contributed by atoms with Crippen LogP contribution in [-0.2, 0) is 9.53 Å². The molecule has 12 heavy (non-hydrogen) atoms. The fourth-order valence-corrected chi connectivity index (χ4v) is 1.09. The van der Waals surface area contributed by atoms with Gasteiger partial charge >= 0.3 is 6.47 Å². The second-order valence-electron chi connectivity index (χ2n) is 3.29. The lowest BCUT2D eigenvalue weighted by atomic mass is 10.0. The molecule has 0 N–H and O–H groups in total. The summed E-state index contributed by atoms with van der Waals surface area (Å²) < 4.78 is 4.46. The maximum Gasteiger partial charge on any atom is 0.417 e. The highest BCUT2D eigenvalue weighted by Crippen LogP contribution is 2.11. The minimum Gasteiger partial charge on any atom is -0.457 e. The van der Waals surface area contributed by atoms with Crippen LogP contribution in [0.5, 0.6) is 0 Å². The Morgan fingerprint density at radius 2 is 2.08 bits per heavy atom. The second-order valence-corrected chi connectivity index (χ2v) is 3.29. The average molecular weight is 171 g/mol. The van der Waals surface area contributed by atoms with E-state index in [-0.39, 0.29) is 0 Å². The zero-order chi connectivity index (χ0) is 9.23. The quantitative estimate of drug-likeness (QED) is 0.525. The Hall–Kier alpha value is -0.530. The summed E-state index contributed by atoms with van der Waals surface area (Å²) in [5.41, 5.74) is 0. The molecule has 1 atom stereocenters. The van der Waals surface area contributed by atoms with E-state index < -0.39 is 0 Å². The molecule has 0 aliphatic heterocycles. The van der Waals surface area contributed by atoms with Crippen molar-refractivity contribution < 1.29 is 9.53 Å². The van der Waals surface area contributed by atoms with Crippen molar-refractivity contribution in [1.29, 1.82) is 0 Å². The van der Waals surface area contributed by atoms with E-state index in [0.29, 0.717) is 6.61 Å². The molecule has 0 bridgehead atoms. The fraction of sp³-hybridized carbons (Fsp3) is 0.900. The summed E-state index contributed by atoms with van der Waals surface area (Å²) in [6, 6.07) is 0. The van der Waals surface area contributed by atoms with Crippen LogP contribution in [0.2, 0.25) is 0 Å². The Morgan fingerprint density at radius 3 is 2.67 bits per heavy atom. The monoisotopic (exact) mass is 171 g/mol. The van der Waals surface area contributed by atoms with E-state index in [1.165, 1.54) is 25.7 Å². The van der Waals surface area contributed by atoms with Gasteiger partial charge in [0.15, 0.2) is 0 Å². The maximum absolute atomic E-state index is 9.64. The molecule has 0 rings (SSSR count). The molecule has 0 aromatic carbocycles. The lowest BCUT2D eigenvalue weighted by Crippen LogP contribution is -1.94. The largest absolute Gasteiger partial charge is 0.457 e. The van der Waals surface area contributed by atoms with Crippen LogP contribution in [-0.4, -0.2) is 13.1 Å². The third-order valence-electron chi connectivity index (χ3n) is 2.20. The molecule has 0 amide bonds. The number of ether oxygens (including phenoxy) is 1. The average Bonchev–Trinajstić information content (AvgIpc) is 2.10. The van der Waals surface area contributed by atoms with Gasteiger partial charge in [0.2, 0.25) is 0 Å². The molecular formula is C10H19O2. The molecule has 0 aliphatic carbocycles. The first-order chi connectivity index (χ1) is 5.81. The first-order valence-corrected chi connectivity index (χ1v) is 4.80. The van der Waals surface area contributed by atoms with Gasteiger partial charge < -0.3 is 4.74 Å². The van der Waals surface area contributed by atoms with Gasteiger partial charge in [-0.1, -0.05) is 39.5 Å². The van der Waals surface area contributed by atoms with Gasteiger partial charge in [-0.3, -0.25) is 0 Å². The summed E-state index contributed by atoms with van der Waals surface area (Å²) in [5, 5.41) is 0. The molecule has 0 spiro atoms. The summed E-state index contributed by atoms with van der Waals surface area (Å²) in [6.45, 7) is 6.45. The van der Waals surface area contributed by atoms with Gasteiger partial charge in [0.25, 0.3) is 0 Å². The molecule has 0 heterocycles. The predicted molar refractivity (Wildman–Crippen MR) is 49.6 cm³/mol. The Bertz CT molecular complexity index is 102. The Balaban J connectivity index is 2.95. The fourth-order valence-electron chi connectivity index (χ4n) is 1.09. The van der Waals surface area contributed by atoms with Gasteiger partial charge in [-0.25, -0.2) is 4.79 Å². The molecule has 2 nitrogen and oxygen atoms in total. The minimum atomic E-state index is 0.532. The van der Waals surface area contributed by atoms with Gasteiger partial charge in [0.1, 0.15) is 0 Å². The predicted octanol–water partition coefficient (Wildman–Crippen LogP) is 2.68. The topological polar surface area (TPSA) is 26.3 Å². The van der Waals surface area contributed by atoms with Gasteiger partial charge in [-0.2, -0.15) is 0 Å². The zero-order valence-electron chi connectivity index (χ0n) is 8.14. The number of rotatable bonds is 8. The van der Waals surface area contributed by atoms with Crippen molar-refractivity contribution in [3.63, 3.8) is 0 Å². The van der Waals surface area contributed by atoms with Gasteiger partial charge in [-0.05, 0) is 12.3 Å². The molecule has 2 heteroatoms. The van der Waals surface area contributed by atoms with Crippen molar-refractivity contribution in [2.24, 2.45) is 5.92 Å². The molecule has 71 valence electrons. The van der Waals surface area contributed by atoms with E-state index in [0.717, 1.165) is 18.8 Å². The first-order valence-electron chi connectivity index (χ1n) is 4.80. The summed E-state index contributed by atoms with van der Waals surface area (Å²) in [4.78, 5) is 9.64. The smallest absolute Gasteiger partial charge is 0.417 e. The Kier molecular flexibility index (Phi) is 8.19. The molecule has 1 radical (unpaired) electrons. The Morgan fingerprint density at radius 1 is 1.33 bits per heavy atom. The molecule has 0 aliphatic rings. The molecule has 0 saturated carbocycles. The number of hydrogen-bond acceptors (Lipinski definition) is 2. The van der Waals surface area contributed by atoms with Crippen molar-refractivity contribution in [3.05, 3.63) is 0 Å². The molecule has 0 saturated heterocycles. The van der Waals surface area contributed by atoms with Crippen molar-refractivity contribution in [1.82, 2.24) is 0 Å². The van der Waals surface area contributed by atoms with E-state index in [9.17, 15) is 4.79 Å². The van der Waals surface area contributed by atoms with Crippen LogP contribution in [0.15, 0.2) is 0 Å². The zero-order valence-corrected chi connectivity index (χ0v) is 8.14. The lowest BCUT2D eigenvalue weighted by molar-refractivity contribution is 0.267. The molecule has 1 unspecified atom stereocenters. The summed E-state index contributed by atoms with van der Waals surface area (Å²) in [6.07, 6.45) is 5.94. The second kappa shape index (κ2) is 8.57. The van der Waals surface area contributed by atoms with Crippen LogP contribution < -0.4 is 0 Å². The van der Waals surface area contributed by atoms with E-state index in [2.05, 4.69) is 18.6 Å². The summed E-state index contributed by atoms with van der Waals surface area (Å²) in [7, 11) is 0. The van der Waals surface area contributed by atoms with Gasteiger partial charge in [0, 0.05) is 0 Å². The van der Waals surface area contributed by atoms with Gasteiger partial charge in [-0.15, -0.1) is 0 Å². The van der Waals surface area contributed by atoms with E-state index >= 15 is 0 Å². The molecule has 0 aromatic rings. The number of carbonyl (C=O) groups excluding carboxylic acids is 1. The Labute approximate surface area is 75.3 Å². The molecule has 0 fully saturated rings. The highest BCUT2D eigenvalue weighted by molar-refractivity contribution is 5.37. The van der Waals surface area contributed by atoms with E-state index in [1.807, 2.05) is 0 Å². The lowest BCUT2D eigenvalue weighted by Gasteiger charge is -2.06. The number of unbranched alkanes of at least 4 members (excludes halogenated alkanes) is 2. The van der Waals surface area contributed by atoms with Crippen LogP contribution >= 0.6 is 0 Å². The molecule has 0 aromatic heterocycles. The van der Waals surface area contributed by atoms with Crippen molar-refractivity contribution in [2.75, 3.05) is 6.61 Å². The normalized spacial score (nSPS) is 12.5. The first kappa shape index (κ1) is 11.5. The third-order valence-corrected chi connectivity index (χ3v) is 2.20.